The first-order chi connectivity index (χ1) is 9.22. The summed E-state index contributed by atoms with van der Waals surface area (Å²) in [5, 5.41) is 1.09. The second-order valence-electron chi connectivity index (χ2n) is 4.23. The molecule has 3 aromatic rings. The van der Waals surface area contributed by atoms with E-state index >= 15 is 0 Å². The van der Waals surface area contributed by atoms with E-state index in [0.717, 1.165) is 26.7 Å². The quantitative estimate of drug-likeness (QED) is 0.699. The molecule has 0 aliphatic heterocycles. The molecule has 0 spiro atoms. The molecule has 0 saturated carbocycles. The lowest BCUT2D eigenvalue weighted by molar-refractivity contribution is 0.463. The summed E-state index contributed by atoms with van der Waals surface area (Å²) < 4.78 is 6.72. The molecule has 0 radical (unpaired) electrons. The monoisotopic (exact) mass is 314 g/mol. The number of halogens is 1. The maximum atomic E-state index is 5.75. The van der Waals surface area contributed by atoms with E-state index in [9.17, 15) is 0 Å². The van der Waals surface area contributed by atoms with Crippen LogP contribution in [-0.2, 0) is 0 Å². The van der Waals surface area contributed by atoms with Crippen LogP contribution in [0.15, 0.2) is 53.3 Å². The van der Waals surface area contributed by atoms with Gasteiger partial charge in [-0.3, -0.25) is 4.98 Å². The van der Waals surface area contributed by atoms with Gasteiger partial charge in [0.05, 0.1) is 5.52 Å². The van der Waals surface area contributed by atoms with Gasteiger partial charge in [-0.2, -0.15) is 0 Å². The first-order valence-corrected chi connectivity index (χ1v) is 6.66. The number of ether oxygens (including phenoxy) is 1. The van der Waals surface area contributed by atoms with Gasteiger partial charge in [0.25, 0.3) is 0 Å². The summed E-state index contributed by atoms with van der Waals surface area (Å²) in [6.07, 6.45) is 3.51. The van der Waals surface area contributed by atoms with Gasteiger partial charge in [-0.05, 0) is 46.6 Å². The molecule has 0 atom stereocenters. The third-order valence-electron chi connectivity index (χ3n) is 2.82. The zero-order valence-electron chi connectivity index (χ0n) is 10.3. The molecule has 0 saturated heterocycles. The van der Waals surface area contributed by atoms with Gasteiger partial charge < -0.3 is 4.74 Å². The molecule has 19 heavy (non-hydrogen) atoms. The zero-order chi connectivity index (χ0) is 13.2. The fourth-order valence-corrected chi connectivity index (χ4v) is 2.02. The van der Waals surface area contributed by atoms with Crippen LogP contribution in [0.2, 0.25) is 0 Å². The summed E-state index contributed by atoms with van der Waals surface area (Å²) in [7, 11) is 0. The predicted molar refractivity (Wildman–Crippen MR) is 78.5 cm³/mol. The fourth-order valence-electron chi connectivity index (χ4n) is 1.80. The third-order valence-corrected chi connectivity index (χ3v) is 3.65. The lowest BCUT2D eigenvalue weighted by Crippen LogP contribution is -1.89. The molecular formula is C15H11BrN2O. The summed E-state index contributed by atoms with van der Waals surface area (Å²) in [5.41, 5.74) is 2.00. The molecular weight excluding hydrogens is 304 g/mol. The van der Waals surface area contributed by atoms with Crippen LogP contribution < -0.4 is 4.74 Å². The number of aryl methyl sites for hydroxylation is 1. The zero-order valence-corrected chi connectivity index (χ0v) is 11.9. The largest absolute Gasteiger partial charge is 0.439 e. The van der Waals surface area contributed by atoms with Gasteiger partial charge in [0, 0.05) is 34.4 Å². The smallest absolute Gasteiger partial charge is 0.219 e. The van der Waals surface area contributed by atoms with E-state index in [1.165, 1.54) is 0 Å². The highest BCUT2D eigenvalue weighted by atomic mass is 79.9. The van der Waals surface area contributed by atoms with Crippen LogP contribution in [0, 0.1) is 6.92 Å². The van der Waals surface area contributed by atoms with E-state index in [-0.39, 0.29) is 0 Å². The highest BCUT2D eigenvalue weighted by Gasteiger charge is 2.03. The van der Waals surface area contributed by atoms with E-state index in [0.29, 0.717) is 5.88 Å². The van der Waals surface area contributed by atoms with Crippen molar-refractivity contribution >= 4 is 26.8 Å². The second kappa shape index (κ2) is 4.97. The van der Waals surface area contributed by atoms with Gasteiger partial charge in [-0.1, -0.05) is 6.07 Å². The number of benzene rings is 1. The summed E-state index contributed by atoms with van der Waals surface area (Å²) in [6, 6.07) is 11.7. The van der Waals surface area contributed by atoms with Gasteiger partial charge in [0.2, 0.25) is 5.88 Å². The average molecular weight is 315 g/mol. The molecule has 3 rings (SSSR count). The summed E-state index contributed by atoms with van der Waals surface area (Å²) >= 11 is 3.42. The van der Waals surface area contributed by atoms with Crippen molar-refractivity contribution in [1.82, 2.24) is 9.97 Å². The molecule has 4 heteroatoms. The molecule has 0 unspecified atom stereocenters. The molecule has 3 nitrogen and oxygen atoms in total. The minimum absolute atomic E-state index is 0.580. The molecule has 94 valence electrons. The maximum Gasteiger partial charge on any atom is 0.219 e. The van der Waals surface area contributed by atoms with E-state index in [1.54, 1.807) is 12.4 Å². The van der Waals surface area contributed by atoms with Gasteiger partial charge in [0.1, 0.15) is 5.75 Å². The minimum atomic E-state index is 0.580. The third kappa shape index (κ3) is 2.58. The van der Waals surface area contributed by atoms with Crippen molar-refractivity contribution in [2.75, 3.05) is 0 Å². The standard InChI is InChI=1S/C15H11BrN2O/c1-10-7-15(18-9-13(10)16)19-12-5-4-11-3-2-6-17-14(11)8-12/h2-9H,1H3. The second-order valence-corrected chi connectivity index (χ2v) is 5.09. The Morgan fingerprint density at radius 3 is 2.84 bits per heavy atom. The Balaban J connectivity index is 1.94. The van der Waals surface area contributed by atoms with E-state index in [2.05, 4.69) is 25.9 Å². The fraction of sp³-hybridized carbons (Fsp3) is 0.0667. The maximum absolute atomic E-state index is 5.75. The topological polar surface area (TPSA) is 35.0 Å². The normalized spacial score (nSPS) is 10.6. The number of hydrogen-bond donors (Lipinski definition) is 0. The highest BCUT2D eigenvalue weighted by molar-refractivity contribution is 9.10. The molecule has 0 amide bonds. The van der Waals surface area contributed by atoms with Crippen LogP contribution in [0.5, 0.6) is 11.6 Å². The van der Waals surface area contributed by atoms with Crippen LogP contribution in [0.4, 0.5) is 0 Å². The van der Waals surface area contributed by atoms with Crippen molar-refractivity contribution in [3.8, 4) is 11.6 Å². The molecule has 1 aromatic carbocycles. The predicted octanol–water partition coefficient (Wildman–Crippen LogP) is 4.49. The number of fused-ring (bicyclic) bond motifs is 1. The van der Waals surface area contributed by atoms with Crippen molar-refractivity contribution in [1.29, 1.82) is 0 Å². The highest BCUT2D eigenvalue weighted by Crippen LogP contribution is 2.25. The van der Waals surface area contributed by atoms with Crippen molar-refractivity contribution in [2.24, 2.45) is 0 Å². The van der Waals surface area contributed by atoms with Crippen LogP contribution in [0.1, 0.15) is 5.56 Å². The summed E-state index contributed by atoms with van der Waals surface area (Å²) in [4.78, 5) is 8.53. The first-order valence-electron chi connectivity index (χ1n) is 5.87. The molecule has 0 bridgehead atoms. The number of nitrogens with zero attached hydrogens (tertiary/aromatic N) is 2. The Morgan fingerprint density at radius 1 is 1.11 bits per heavy atom. The lowest BCUT2D eigenvalue weighted by Gasteiger charge is -2.07. The van der Waals surface area contributed by atoms with Crippen LogP contribution in [0.3, 0.4) is 0 Å². The van der Waals surface area contributed by atoms with Crippen molar-refractivity contribution in [3.05, 3.63) is 58.8 Å². The Kier molecular flexibility index (Phi) is 3.17. The Hall–Kier alpha value is -1.94. The Morgan fingerprint density at radius 2 is 2.00 bits per heavy atom. The number of rotatable bonds is 2. The first kappa shape index (κ1) is 12.1. The Labute approximate surface area is 119 Å². The Bertz CT molecular complexity index is 743. The summed E-state index contributed by atoms with van der Waals surface area (Å²) in [6.45, 7) is 2.00. The number of aromatic nitrogens is 2. The minimum Gasteiger partial charge on any atom is -0.439 e. The number of hydrogen-bond acceptors (Lipinski definition) is 3. The van der Waals surface area contributed by atoms with E-state index in [4.69, 9.17) is 4.74 Å². The van der Waals surface area contributed by atoms with Crippen molar-refractivity contribution < 1.29 is 4.74 Å². The molecule has 2 aromatic heterocycles. The van der Waals surface area contributed by atoms with Gasteiger partial charge in [-0.25, -0.2) is 4.98 Å². The van der Waals surface area contributed by atoms with Crippen LogP contribution >= 0.6 is 15.9 Å². The number of pyridine rings is 2. The van der Waals surface area contributed by atoms with Crippen LogP contribution in [-0.4, -0.2) is 9.97 Å². The summed E-state index contributed by atoms with van der Waals surface area (Å²) in [5.74, 6) is 1.32. The van der Waals surface area contributed by atoms with Crippen molar-refractivity contribution in [3.63, 3.8) is 0 Å². The molecule has 0 N–H and O–H groups in total. The van der Waals surface area contributed by atoms with E-state index in [1.807, 2.05) is 43.3 Å². The van der Waals surface area contributed by atoms with Crippen molar-refractivity contribution in [2.45, 2.75) is 6.92 Å². The van der Waals surface area contributed by atoms with Gasteiger partial charge >= 0.3 is 0 Å². The van der Waals surface area contributed by atoms with Crippen LogP contribution in [0.25, 0.3) is 10.9 Å². The van der Waals surface area contributed by atoms with E-state index < -0.39 is 0 Å². The molecule has 2 heterocycles. The SMILES string of the molecule is Cc1cc(Oc2ccc3cccnc3c2)ncc1Br. The molecule has 0 aliphatic carbocycles. The average Bonchev–Trinajstić information content (AvgIpc) is 2.43. The molecule has 0 fully saturated rings. The molecule has 0 aliphatic rings. The van der Waals surface area contributed by atoms with Gasteiger partial charge in [0.15, 0.2) is 0 Å². The van der Waals surface area contributed by atoms with Gasteiger partial charge in [-0.15, -0.1) is 0 Å². The lowest BCUT2D eigenvalue weighted by atomic mass is 10.2.